The predicted octanol–water partition coefficient (Wildman–Crippen LogP) is 2.41. The van der Waals surface area contributed by atoms with Crippen LogP contribution in [-0.2, 0) is 5.41 Å². The summed E-state index contributed by atoms with van der Waals surface area (Å²) in [6.07, 6.45) is 0. The highest BCUT2D eigenvalue weighted by molar-refractivity contribution is 5.59. The van der Waals surface area contributed by atoms with Crippen molar-refractivity contribution in [1.82, 2.24) is 0 Å². The van der Waals surface area contributed by atoms with Gasteiger partial charge < -0.3 is 11.1 Å². The molecule has 0 amide bonds. The maximum atomic E-state index is 6.00. The summed E-state index contributed by atoms with van der Waals surface area (Å²) in [7, 11) is 0. The largest absolute Gasteiger partial charge is 0.383 e. The molecule has 2 nitrogen and oxygen atoms in total. The lowest BCUT2D eigenvalue weighted by Crippen LogP contribution is -2.14. The maximum absolute atomic E-state index is 6.00. The summed E-state index contributed by atoms with van der Waals surface area (Å²) in [5.74, 6) is 0. The Hall–Kier alpha value is -1.02. The zero-order valence-electron chi connectivity index (χ0n) is 9.09. The van der Waals surface area contributed by atoms with E-state index in [2.05, 4.69) is 44.3 Å². The second-order valence-corrected chi connectivity index (χ2v) is 5.04. The fourth-order valence-corrected chi connectivity index (χ4v) is 1.83. The molecule has 0 bridgehead atoms. The molecule has 0 saturated heterocycles. The molecule has 0 saturated carbocycles. The van der Waals surface area contributed by atoms with Crippen molar-refractivity contribution in [2.24, 2.45) is 5.73 Å². The first-order chi connectivity index (χ1) is 6.48. The van der Waals surface area contributed by atoms with Crippen LogP contribution >= 0.6 is 0 Å². The van der Waals surface area contributed by atoms with Crippen molar-refractivity contribution in [1.29, 1.82) is 0 Å². The van der Waals surface area contributed by atoms with E-state index in [0.717, 1.165) is 6.54 Å². The van der Waals surface area contributed by atoms with Crippen LogP contribution in [0.2, 0.25) is 0 Å². The van der Waals surface area contributed by atoms with Gasteiger partial charge in [0, 0.05) is 18.3 Å². The monoisotopic (exact) mass is 190 g/mol. The predicted molar refractivity (Wildman–Crippen MR) is 60.6 cm³/mol. The van der Waals surface area contributed by atoms with Crippen LogP contribution in [0.25, 0.3) is 0 Å². The van der Waals surface area contributed by atoms with Gasteiger partial charge in [0.2, 0.25) is 0 Å². The van der Waals surface area contributed by atoms with Crippen LogP contribution in [0.15, 0.2) is 18.2 Å². The quantitative estimate of drug-likeness (QED) is 0.659. The minimum Gasteiger partial charge on any atom is -0.383 e. The molecule has 76 valence electrons. The third-order valence-corrected chi connectivity index (χ3v) is 2.83. The first-order valence-electron chi connectivity index (χ1n) is 5.12. The molecule has 1 aromatic carbocycles. The van der Waals surface area contributed by atoms with E-state index >= 15 is 0 Å². The molecule has 0 fully saturated rings. The lowest BCUT2D eigenvalue weighted by Gasteiger charge is -2.20. The number of hydrogen-bond acceptors (Lipinski definition) is 2. The van der Waals surface area contributed by atoms with E-state index in [9.17, 15) is 0 Å². The topological polar surface area (TPSA) is 38.0 Å². The highest BCUT2D eigenvalue weighted by Gasteiger charge is 2.21. The molecular formula is C12H18N2. The molecule has 1 atom stereocenters. The van der Waals surface area contributed by atoms with Crippen molar-refractivity contribution in [3.8, 4) is 0 Å². The Morgan fingerprint density at radius 3 is 2.71 bits per heavy atom. The molecule has 0 spiro atoms. The Bertz CT molecular complexity index is 350. The highest BCUT2D eigenvalue weighted by atomic mass is 15.0. The molecule has 2 heteroatoms. The number of anilines is 1. The Labute approximate surface area is 85.5 Å². The van der Waals surface area contributed by atoms with Gasteiger partial charge in [-0.2, -0.15) is 0 Å². The molecule has 3 N–H and O–H groups in total. The number of benzene rings is 1. The molecule has 1 aromatic rings. The van der Waals surface area contributed by atoms with Crippen LogP contribution in [0.1, 0.15) is 37.9 Å². The smallest absolute Gasteiger partial charge is 0.0491 e. The zero-order valence-corrected chi connectivity index (χ0v) is 9.09. The lowest BCUT2D eigenvalue weighted by molar-refractivity contribution is 0.589. The molecule has 14 heavy (non-hydrogen) atoms. The van der Waals surface area contributed by atoms with Gasteiger partial charge in [0.15, 0.2) is 0 Å². The van der Waals surface area contributed by atoms with E-state index in [1.807, 2.05) is 0 Å². The number of rotatable bonds is 0. The normalized spacial score (nSPS) is 20.4. The molecule has 2 rings (SSSR count). The van der Waals surface area contributed by atoms with Gasteiger partial charge in [0.25, 0.3) is 0 Å². The SMILES string of the molecule is CC(C)(C)c1ccc2c(c1)C(N)CN2. The third kappa shape index (κ3) is 1.50. The van der Waals surface area contributed by atoms with Crippen molar-refractivity contribution in [2.75, 3.05) is 11.9 Å². The summed E-state index contributed by atoms with van der Waals surface area (Å²) in [4.78, 5) is 0. The van der Waals surface area contributed by atoms with Crippen molar-refractivity contribution in [3.63, 3.8) is 0 Å². The number of nitrogens with two attached hydrogens (primary N) is 1. The zero-order chi connectivity index (χ0) is 10.3. The average Bonchev–Trinajstić information content (AvgIpc) is 2.46. The van der Waals surface area contributed by atoms with Crippen molar-refractivity contribution in [2.45, 2.75) is 32.2 Å². The third-order valence-electron chi connectivity index (χ3n) is 2.83. The van der Waals surface area contributed by atoms with E-state index in [1.54, 1.807) is 0 Å². The summed E-state index contributed by atoms with van der Waals surface area (Å²) >= 11 is 0. The van der Waals surface area contributed by atoms with E-state index in [0.29, 0.717) is 0 Å². The van der Waals surface area contributed by atoms with Gasteiger partial charge in [-0.05, 0) is 22.6 Å². The first kappa shape index (κ1) is 9.53. The molecule has 0 aliphatic carbocycles. The number of fused-ring (bicyclic) bond motifs is 1. The highest BCUT2D eigenvalue weighted by Crippen LogP contribution is 2.32. The Kier molecular flexibility index (Phi) is 2.04. The fraction of sp³-hybridized carbons (Fsp3) is 0.500. The summed E-state index contributed by atoms with van der Waals surface area (Å²) in [5.41, 5.74) is 10.0. The molecule has 0 radical (unpaired) electrons. The Morgan fingerprint density at radius 1 is 1.36 bits per heavy atom. The van der Waals surface area contributed by atoms with Crippen molar-refractivity contribution < 1.29 is 0 Å². The average molecular weight is 190 g/mol. The van der Waals surface area contributed by atoms with Crippen LogP contribution in [0.4, 0.5) is 5.69 Å². The van der Waals surface area contributed by atoms with Crippen LogP contribution < -0.4 is 11.1 Å². The van der Waals surface area contributed by atoms with Crippen LogP contribution in [0.5, 0.6) is 0 Å². The Morgan fingerprint density at radius 2 is 2.07 bits per heavy atom. The van der Waals surface area contributed by atoms with E-state index in [4.69, 9.17) is 5.73 Å². The van der Waals surface area contributed by atoms with E-state index in [1.165, 1.54) is 16.8 Å². The molecule has 1 unspecified atom stereocenters. The molecule has 1 aliphatic heterocycles. The van der Waals surface area contributed by atoms with Crippen molar-refractivity contribution >= 4 is 5.69 Å². The fourth-order valence-electron chi connectivity index (χ4n) is 1.83. The summed E-state index contributed by atoms with van der Waals surface area (Å²) in [5, 5.41) is 3.30. The van der Waals surface area contributed by atoms with Crippen molar-refractivity contribution in [3.05, 3.63) is 29.3 Å². The molecule has 1 aliphatic rings. The second kappa shape index (κ2) is 2.99. The molecule has 1 heterocycles. The van der Waals surface area contributed by atoms with Crippen LogP contribution in [-0.4, -0.2) is 6.54 Å². The minimum absolute atomic E-state index is 0.160. The first-order valence-corrected chi connectivity index (χ1v) is 5.12. The van der Waals surface area contributed by atoms with E-state index < -0.39 is 0 Å². The maximum Gasteiger partial charge on any atom is 0.0491 e. The lowest BCUT2D eigenvalue weighted by atomic mass is 9.85. The standard InChI is InChI=1S/C12H18N2/c1-12(2,3)8-4-5-11-9(6-8)10(13)7-14-11/h4-6,10,14H,7,13H2,1-3H3. The van der Waals surface area contributed by atoms with Crippen LogP contribution in [0.3, 0.4) is 0 Å². The molecule has 0 aromatic heterocycles. The second-order valence-electron chi connectivity index (χ2n) is 5.04. The summed E-state index contributed by atoms with van der Waals surface area (Å²) in [6, 6.07) is 6.72. The van der Waals surface area contributed by atoms with Gasteiger partial charge in [-0.25, -0.2) is 0 Å². The van der Waals surface area contributed by atoms with Gasteiger partial charge in [-0.15, -0.1) is 0 Å². The molecular weight excluding hydrogens is 172 g/mol. The number of hydrogen-bond donors (Lipinski definition) is 2. The van der Waals surface area contributed by atoms with Gasteiger partial charge in [0.05, 0.1) is 0 Å². The minimum atomic E-state index is 0.160. The van der Waals surface area contributed by atoms with Gasteiger partial charge >= 0.3 is 0 Å². The van der Waals surface area contributed by atoms with Gasteiger partial charge in [-0.3, -0.25) is 0 Å². The Balaban J connectivity index is 2.45. The number of nitrogens with one attached hydrogen (secondary N) is 1. The van der Waals surface area contributed by atoms with E-state index in [-0.39, 0.29) is 11.5 Å². The summed E-state index contributed by atoms with van der Waals surface area (Å²) < 4.78 is 0. The summed E-state index contributed by atoms with van der Waals surface area (Å²) in [6.45, 7) is 7.54. The van der Waals surface area contributed by atoms with Crippen LogP contribution in [0, 0.1) is 0 Å². The van der Waals surface area contributed by atoms with Gasteiger partial charge in [0.1, 0.15) is 0 Å². The van der Waals surface area contributed by atoms with Gasteiger partial charge in [-0.1, -0.05) is 32.9 Å².